The first kappa shape index (κ1) is 21.6. The summed E-state index contributed by atoms with van der Waals surface area (Å²) in [6, 6.07) is 7.80. The minimum atomic E-state index is -0.100. The Bertz CT molecular complexity index is 1320. The summed E-state index contributed by atoms with van der Waals surface area (Å²) in [5, 5.41) is 16.9. The van der Waals surface area contributed by atoms with Crippen molar-refractivity contribution >= 4 is 29.1 Å². The summed E-state index contributed by atoms with van der Waals surface area (Å²) in [6.45, 7) is 4.80. The van der Waals surface area contributed by atoms with Crippen LogP contribution >= 0.6 is 11.8 Å². The van der Waals surface area contributed by atoms with Crippen molar-refractivity contribution in [1.82, 2.24) is 34.3 Å². The van der Waals surface area contributed by atoms with E-state index < -0.39 is 0 Å². The van der Waals surface area contributed by atoms with Gasteiger partial charge < -0.3 is 9.88 Å². The van der Waals surface area contributed by atoms with Gasteiger partial charge in [0.15, 0.2) is 5.82 Å². The molecule has 1 aromatic carbocycles. The average molecular weight is 463 g/mol. The summed E-state index contributed by atoms with van der Waals surface area (Å²) in [5.74, 6) is 2.41. The lowest BCUT2D eigenvalue weighted by Gasteiger charge is -2.11. The zero-order chi connectivity index (χ0) is 22.9. The van der Waals surface area contributed by atoms with Crippen molar-refractivity contribution in [2.24, 2.45) is 0 Å². The summed E-state index contributed by atoms with van der Waals surface area (Å²) in [5.41, 5.74) is 4.28. The van der Waals surface area contributed by atoms with E-state index in [1.807, 2.05) is 44.4 Å². The number of carbonyl (C=O) groups excluding carboxylic acids is 1. The number of amides is 1. The molecular weight excluding hydrogens is 436 g/mol. The van der Waals surface area contributed by atoms with Gasteiger partial charge in [-0.25, -0.2) is 9.50 Å². The minimum absolute atomic E-state index is 0.100. The molecule has 3 aromatic heterocycles. The fourth-order valence-electron chi connectivity index (χ4n) is 4.30. The number of aromatic nitrogens is 7. The first-order chi connectivity index (χ1) is 16.0. The van der Waals surface area contributed by atoms with Crippen LogP contribution in [0.5, 0.6) is 0 Å². The van der Waals surface area contributed by atoms with Crippen LogP contribution in [0.15, 0.2) is 29.4 Å². The maximum atomic E-state index is 12.8. The highest BCUT2D eigenvalue weighted by atomic mass is 32.2. The SMILES string of the molecule is CSc1nc2nc(C)c(CC(=O)Nc3ccc(-c4nnc5n4CCCCC5)cc3)c(C)n2n1. The second-order valence-electron chi connectivity index (χ2n) is 8.28. The van der Waals surface area contributed by atoms with Crippen molar-refractivity contribution in [1.29, 1.82) is 0 Å². The Morgan fingerprint density at radius 1 is 1.09 bits per heavy atom. The number of benzene rings is 1. The van der Waals surface area contributed by atoms with Crippen LogP contribution in [-0.2, 0) is 24.2 Å². The third-order valence-corrected chi connectivity index (χ3v) is 6.62. The van der Waals surface area contributed by atoms with Gasteiger partial charge in [-0.1, -0.05) is 18.2 Å². The highest BCUT2D eigenvalue weighted by Crippen LogP contribution is 2.24. The zero-order valence-electron chi connectivity index (χ0n) is 19.0. The van der Waals surface area contributed by atoms with E-state index in [0.29, 0.717) is 10.9 Å². The predicted molar refractivity (Wildman–Crippen MR) is 127 cm³/mol. The third kappa shape index (κ3) is 4.22. The largest absolute Gasteiger partial charge is 0.326 e. The van der Waals surface area contributed by atoms with Crippen molar-refractivity contribution in [3.8, 4) is 11.4 Å². The number of anilines is 1. The number of rotatable bonds is 5. The standard InChI is InChI=1S/C23H26N8OS/c1-14-18(15(2)31-22(24-14)26-23(29-31)33-3)13-20(32)25-17-10-8-16(9-11-17)21-28-27-19-7-5-4-6-12-30(19)21/h8-11H,4-7,12-13H2,1-3H3,(H,25,32). The highest BCUT2D eigenvalue weighted by molar-refractivity contribution is 7.98. The molecule has 0 spiro atoms. The average Bonchev–Trinajstić information content (AvgIpc) is 3.34. The number of hydrogen-bond acceptors (Lipinski definition) is 7. The molecule has 1 N–H and O–H groups in total. The lowest BCUT2D eigenvalue weighted by Crippen LogP contribution is -2.17. The van der Waals surface area contributed by atoms with E-state index in [0.717, 1.165) is 59.2 Å². The van der Waals surface area contributed by atoms with Gasteiger partial charge in [-0.05, 0) is 57.2 Å². The van der Waals surface area contributed by atoms with Gasteiger partial charge in [-0.3, -0.25) is 4.79 Å². The van der Waals surface area contributed by atoms with Gasteiger partial charge in [0.1, 0.15) is 5.82 Å². The molecule has 33 heavy (non-hydrogen) atoms. The summed E-state index contributed by atoms with van der Waals surface area (Å²) < 4.78 is 3.93. The predicted octanol–water partition coefficient (Wildman–Crippen LogP) is 3.63. The Morgan fingerprint density at radius 3 is 2.70 bits per heavy atom. The molecule has 0 saturated carbocycles. The molecule has 0 fully saturated rings. The fourth-order valence-corrected chi connectivity index (χ4v) is 4.64. The van der Waals surface area contributed by atoms with Crippen LogP contribution in [0, 0.1) is 13.8 Å². The normalized spacial score (nSPS) is 13.7. The Kier molecular flexibility index (Phi) is 5.84. The molecule has 0 unspecified atom stereocenters. The number of carbonyl (C=O) groups is 1. The summed E-state index contributed by atoms with van der Waals surface area (Å²) in [4.78, 5) is 21.7. The molecule has 0 saturated heterocycles. The summed E-state index contributed by atoms with van der Waals surface area (Å²) in [6.07, 6.45) is 6.67. The van der Waals surface area contributed by atoms with E-state index in [4.69, 9.17) is 0 Å². The maximum absolute atomic E-state index is 12.8. The molecular formula is C23H26N8OS. The fraction of sp³-hybridized carbons (Fsp3) is 0.391. The van der Waals surface area contributed by atoms with E-state index in [2.05, 4.69) is 35.1 Å². The van der Waals surface area contributed by atoms with Gasteiger partial charge >= 0.3 is 0 Å². The maximum Gasteiger partial charge on any atom is 0.253 e. The molecule has 10 heteroatoms. The first-order valence-electron chi connectivity index (χ1n) is 11.1. The van der Waals surface area contributed by atoms with E-state index in [-0.39, 0.29) is 12.3 Å². The zero-order valence-corrected chi connectivity index (χ0v) is 19.8. The molecule has 0 bridgehead atoms. The molecule has 0 radical (unpaired) electrons. The first-order valence-corrected chi connectivity index (χ1v) is 12.3. The molecule has 4 aromatic rings. The van der Waals surface area contributed by atoms with Crippen LogP contribution in [0.3, 0.4) is 0 Å². The topological polar surface area (TPSA) is 103 Å². The monoisotopic (exact) mass is 462 g/mol. The molecule has 0 atom stereocenters. The molecule has 1 aliphatic rings. The van der Waals surface area contributed by atoms with E-state index in [9.17, 15) is 4.79 Å². The second kappa shape index (κ2) is 8.93. The molecule has 170 valence electrons. The lowest BCUT2D eigenvalue weighted by atomic mass is 10.1. The molecule has 1 aliphatic heterocycles. The van der Waals surface area contributed by atoms with Crippen LogP contribution in [0.4, 0.5) is 5.69 Å². The van der Waals surface area contributed by atoms with Crippen molar-refractivity contribution in [3.63, 3.8) is 0 Å². The number of nitrogens with one attached hydrogen (secondary N) is 1. The van der Waals surface area contributed by atoms with Gasteiger partial charge in [-0.2, -0.15) is 4.98 Å². The van der Waals surface area contributed by atoms with Crippen molar-refractivity contribution < 1.29 is 4.79 Å². The Morgan fingerprint density at radius 2 is 1.91 bits per heavy atom. The van der Waals surface area contributed by atoms with Crippen molar-refractivity contribution in [2.45, 2.75) is 57.7 Å². The number of aryl methyl sites for hydroxylation is 3. The summed E-state index contributed by atoms with van der Waals surface area (Å²) in [7, 11) is 0. The van der Waals surface area contributed by atoms with E-state index in [1.54, 1.807) is 4.52 Å². The van der Waals surface area contributed by atoms with Crippen LogP contribution in [-0.4, -0.2) is 46.5 Å². The Hall–Kier alpha value is -3.27. The van der Waals surface area contributed by atoms with Crippen molar-refractivity contribution in [2.75, 3.05) is 11.6 Å². The quantitative estimate of drug-likeness (QED) is 0.452. The van der Waals surface area contributed by atoms with Crippen LogP contribution in [0.2, 0.25) is 0 Å². The molecule has 4 heterocycles. The van der Waals surface area contributed by atoms with Crippen molar-refractivity contribution in [3.05, 3.63) is 47.0 Å². The Balaban J connectivity index is 1.32. The van der Waals surface area contributed by atoms with E-state index in [1.165, 1.54) is 24.6 Å². The highest BCUT2D eigenvalue weighted by Gasteiger charge is 2.18. The number of hydrogen-bond donors (Lipinski definition) is 1. The van der Waals surface area contributed by atoms with Gasteiger partial charge in [-0.15, -0.1) is 15.3 Å². The van der Waals surface area contributed by atoms with Crippen LogP contribution in [0.1, 0.15) is 42.0 Å². The lowest BCUT2D eigenvalue weighted by molar-refractivity contribution is -0.115. The second-order valence-corrected chi connectivity index (χ2v) is 9.05. The van der Waals surface area contributed by atoms with Crippen LogP contribution in [0.25, 0.3) is 17.2 Å². The number of nitrogens with zero attached hydrogens (tertiary/aromatic N) is 7. The molecule has 9 nitrogen and oxygen atoms in total. The smallest absolute Gasteiger partial charge is 0.253 e. The van der Waals surface area contributed by atoms with Gasteiger partial charge in [0.05, 0.1) is 6.42 Å². The number of fused-ring (bicyclic) bond motifs is 2. The molecule has 0 aliphatic carbocycles. The van der Waals surface area contributed by atoms with Gasteiger partial charge in [0, 0.05) is 41.2 Å². The number of thioether (sulfide) groups is 1. The van der Waals surface area contributed by atoms with E-state index >= 15 is 0 Å². The minimum Gasteiger partial charge on any atom is -0.326 e. The third-order valence-electron chi connectivity index (χ3n) is 6.09. The van der Waals surface area contributed by atoms with Gasteiger partial charge in [0.25, 0.3) is 5.78 Å². The van der Waals surface area contributed by atoms with Crippen LogP contribution < -0.4 is 5.32 Å². The molecule has 1 amide bonds. The molecule has 5 rings (SSSR count). The van der Waals surface area contributed by atoms with Gasteiger partial charge in [0.2, 0.25) is 11.1 Å². The Labute approximate surface area is 196 Å². The summed E-state index contributed by atoms with van der Waals surface area (Å²) >= 11 is 1.47.